The van der Waals surface area contributed by atoms with E-state index in [1.165, 1.54) is 6.42 Å². The molecular weight excluding hydrogens is 262 g/mol. The van der Waals surface area contributed by atoms with E-state index >= 15 is 0 Å². The van der Waals surface area contributed by atoms with Crippen LogP contribution in [0.5, 0.6) is 0 Å². The molecule has 21 heavy (non-hydrogen) atoms. The molecule has 1 N–H and O–H groups in total. The van der Waals surface area contributed by atoms with Gasteiger partial charge in [-0.1, -0.05) is 19.9 Å². The highest BCUT2D eigenvalue weighted by molar-refractivity contribution is 5.94. The second kappa shape index (κ2) is 7.24. The van der Waals surface area contributed by atoms with E-state index in [-0.39, 0.29) is 5.91 Å². The maximum Gasteiger partial charge on any atom is 0.253 e. The van der Waals surface area contributed by atoms with Gasteiger partial charge in [-0.15, -0.1) is 0 Å². The van der Waals surface area contributed by atoms with Crippen molar-refractivity contribution < 1.29 is 4.79 Å². The van der Waals surface area contributed by atoms with E-state index in [0.717, 1.165) is 26.1 Å². The van der Waals surface area contributed by atoms with Crippen molar-refractivity contribution in [2.75, 3.05) is 19.6 Å². The summed E-state index contributed by atoms with van der Waals surface area (Å²) in [6.07, 6.45) is 2.30. The molecule has 1 aromatic rings. The number of amides is 1. The molecule has 1 aliphatic rings. The van der Waals surface area contributed by atoms with E-state index in [1.807, 2.05) is 4.90 Å². The molecule has 0 aromatic heterocycles. The Kier molecular flexibility index (Phi) is 5.35. The summed E-state index contributed by atoms with van der Waals surface area (Å²) in [6.45, 7) is 6.77. The average Bonchev–Trinajstić information content (AvgIpc) is 2.98. The summed E-state index contributed by atoms with van der Waals surface area (Å²) in [4.78, 5) is 14.6. The fraction of sp³-hybridized carbons (Fsp3) is 0.529. The number of benzene rings is 1. The SMILES string of the molecule is CC(C)CN(CC1CCCN1)C(=O)c1cccc(C#N)c1. The van der Waals surface area contributed by atoms with Crippen LogP contribution >= 0.6 is 0 Å². The lowest BCUT2D eigenvalue weighted by Crippen LogP contribution is -2.42. The zero-order valence-electron chi connectivity index (χ0n) is 12.8. The number of nitriles is 1. The first kappa shape index (κ1) is 15.5. The first-order valence-corrected chi connectivity index (χ1v) is 7.63. The monoisotopic (exact) mass is 285 g/mol. The molecule has 112 valence electrons. The summed E-state index contributed by atoms with van der Waals surface area (Å²) in [7, 11) is 0. The molecule has 2 rings (SSSR count). The number of hydrogen-bond acceptors (Lipinski definition) is 3. The van der Waals surface area contributed by atoms with Crippen molar-refractivity contribution in [3.8, 4) is 6.07 Å². The van der Waals surface area contributed by atoms with E-state index in [0.29, 0.717) is 23.1 Å². The van der Waals surface area contributed by atoms with Gasteiger partial charge in [0.2, 0.25) is 0 Å². The van der Waals surface area contributed by atoms with Crippen LogP contribution in [-0.2, 0) is 0 Å². The first-order chi connectivity index (χ1) is 10.1. The quantitative estimate of drug-likeness (QED) is 0.904. The molecule has 1 aromatic carbocycles. The molecule has 4 nitrogen and oxygen atoms in total. The van der Waals surface area contributed by atoms with Crippen LogP contribution in [0.1, 0.15) is 42.6 Å². The van der Waals surface area contributed by atoms with Crippen LogP contribution in [0.2, 0.25) is 0 Å². The fourth-order valence-corrected chi connectivity index (χ4v) is 2.76. The van der Waals surface area contributed by atoms with Gasteiger partial charge in [-0.2, -0.15) is 5.26 Å². The maximum absolute atomic E-state index is 12.7. The predicted octanol–water partition coefficient (Wildman–Crippen LogP) is 2.41. The van der Waals surface area contributed by atoms with Crippen molar-refractivity contribution in [1.29, 1.82) is 5.26 Å². The summed E-state index contributed by atoms with van der Waals surface area (Å²) in [6, 6.07) is 9.45. The van der Waals surface area contributed by atoms with Crippen molar-refractivity contribution in [3.05, 3.63) is 35.4 Å². The van der Waals surface area contributed by atoms with Crippen molar-refractivity contribution >= 4 is 5.91 Å². The van der Waals surface area contributed by atoms with Gasteiger partial charge in [0.1, 0.15) is 0 Å². The van der Waals surface area contributed by atoms with Crippen LogP contribution in [0.25, 0.3) is 0 Å². The minimum absolute atomic E-state index is 0.0227. The fourth-order valence-electron chi connectivity index (χ4n) is 2.76. The first-order valence-electron chi connectivity index (χ1n) is 7.63. The van der Waals surface area contributed by atoms with E-state index in [1.54, 1.807) is 24.3 Å². The topological polar surface area (TPSA) is 56.1 Å². The highest BCUT2D eigenvalue weighted by atomic mass is 16.2. The lowest BCUT2D eigenvalue weighted by Gasteiger charge is -2.27. The predicted molar refractivity (Wildman–Crippen MR) is 82.9 cm³/mol. The molecule has 4 heteroatoms. The summed E-state index contributed by atoms with van der Waals surface area (Å²) in [5, 5.41) is 12.4. The third-order valence-electron chi connectivity index (χ3n) is 3.71. The number of carbonyl (C=O) groups excluding carboxylic acids is 1. The van der Waals surface area contributed by atoms with E-state index in [9.17, 15) is 4.79 Å². The molecule has 0 radical (unpaired) electrons. The third-order valence-corrected chi connectivity index (χ3v) is 3.71. The number of hydrogen-bond donors (Lipinski definition) is 1. The molecule has 1 atom stereocenters. The minimum Gasteiger partial charge on any atom is -0.337 e. The Hall–Kier alpha value is -1.86. The molecule has 0 aliphatic carbocycles. The highest BCUT2D eigenvalue weighted by Gasteiger charge is 2.23. The maximum atomic E-state index is 12.7. The van der Waals surface area contributed by atoms with Gasteiger partial charge in [-0.25, -0.2) is 0 Å². The van der Waals surface area contributed by atoms with Gasteiger partial charge in [-0.05, 0) is 43.5 Å². The standard InChI is InChI=1S/C17H23N3O/c1-13(2)11-20(12-16-7-4-8-19-16)17(21)15-6-3-5-14(9-15)10-18/h3,5-6,9,13,16,19H,4,7-8,11-12H2,1-2H3. The number of carbonyl (C=O) groups is 1. The van der Waals surface area contributed by atoms with E-state index < -0.39 is 0 Å². The van der Waals surface area contributed by atoms with Crippen molar-refractivity contribution in [1.82, 2.24) is 10.2 Å². The van der Waals surface area contributed by atoms with Gasteiger partial charge in [0.05, 0.1) is 11.6 Å². The number of nitrogens with zero attached hydrogens (tertiary/aromatic N) is 2. The zero-order valence-corrected chi connectivity index (χ0v) is 12.8. The molecule has 0 bridgehead atoms. The van der Waals surface area contributed by atoms with Gasteiger partial charge in [0.25, 0.3) is 5.91 Å². The molecule has 1 aliphatic heterocycles. The smallest absolute Gasteiger partial charge is 0.253 e. The van der Waals surface area contributed by atoms with Gasteiger partial charge < -0.3 is 10.2 Å². The molecule has 1 amide bonds. The highest BCUT2D eigenvalue weighted by Crippen LogP contribution is 2.13. The molecule has 1 unspecified atom stereocenters. The van der Waals surface area contributed by atoms with Crippen molar-refractivity contribution in [3.63, 3.8) is 0 Å². The van der Waals surface area contributed by atoms with Crippen LogP contribution < -0.4 is 5.32 Å². The van der Waals surface area contributed by atoms with Gasteiger partial charge in [0.15, 0.2) is 0 Å². The Morgan fingerprint density at radius 2 is 2.33 bits per heavy atom. The van der Waals surface area contributed by atoms with E-state index in [2.05, 4.69) is 25.2 Å². The minimum atomic E-state index is 0.0227. The second-order valence-corrected chi connectivity index (χ2v) is 6.09. The Labute approximate surface area is 126 Å². The zero-order chi connectivity index (χ0) is 15.2. The van der Waals surface area contributed by atoms with Gasteiger partial charge in [-0.3, -0.25) is 4.79 Å². The van der Waals surface area contributed by atoms with Gasteiger partial charge in [0, 0.05) is 24.7 Å². The molecular formula is C17H23N3O. The van der Waals surface area contributed by atoms with Gasteiger partial charge >= 0.3 is 0 Å². The molecule has 0 spiro atoms. The van der Waals surface area contributed by atoms with Crippen molar-refractivity contribution in [2.45, 2.75) is 32.7 Å². The Balaban J connectivity index is 2.14. The van der Waals surface area contributed by atoms with Crippen LogP contribution in [0, 0.1) is 17.2 Å². The molecule has 1 saturated heterocycles. The summed E-state index contributed by atoms with van der Waals surface area (Å²) < 4.78 is 0. The van der Waals surface area contributed by atoms with Crippen LogP contribution in [-0.4, -0.2) is 36.5 Å². The van der Waals surface area contributed by atoms with Crippen LogP contribution in [0.4, 0.5) is 0 Å². The lowest BCUT2D eigenvalue weighted by molar-refractivity contribution is 0.0721. The second-order valence-electron chi connectivity index (χ2n) is 6.09. The Bertz CT molecular complexity index is 527. The largest absolute Gasteiger partial charge is 0.337 e. The third kappa shape index (κ3) is 4.30. The normalized spacial score (nSPS) is 17.7. The average molecular weight is 285 g/mol. The Morgan fingerprint density at radius 3 is 2.95 bits per heavy atom. The molecule has 1 heterocycles. The molecule has 1 fully saturated rings. The summed E-state index contributed by atoms with van der Waals surface area (Å²) in [5.74, 6) is 0.448. The van der Waals surface area contributed by atoms with Crippen LogP contribution in [0.3, 0.4) is 0 Å². The Morgan fingerprint density at radius 1 is 1.52 bits per heavy atom. The van der Waals surface area contributed by atoms with Crippen molar-refractivity contribution in [2.24, 2.45) is 5.92 Å². The van der Waals surface area contributed by atoms with Crippen LogP contribution in [0.15, 0.2) is 24.3 Å². The van der Waals surface area contributed by atoms with E-state index in [4.69, 9.17) is 5.26 Å². The molecule has 0 saturated carbocycles. The lowest BCUT2D eigenvalue weighted by atomic mass is 10.1. The number of rotatable bonds is 5. The summed E-state index contributed by atoms with van der Waals surface area (Å²) >= 11 is 0. The summed E-state index contributed by atoms with van der Waals surface area (Å²) in [5.41, 5.74) is 1.14. The number of nitrogens with one attached hydrogen (secondary N) is 1.